The average molecular weight is 361 g/mol. The molecule has 132 valence electrons. The molecule has 0 aromatic carbocycles. The quantitative estimate of drug-likeness (QED) is 0.627. The molecule has 3 aliphatic carbocycles. The SMILES string of the molecule is Cc1nnc(NC(=O)NC(C)N2C(=O)C3C4C=CC(CC4)C3C2=O)s1. The van der Waals surface area contributed by atoms with Crippen LogP contribution >= 0.6 is 11.3 Å². The third-order valence-corrected chi connectivity index (χ3v) is 6.02. The molecule has 1 saturated carbocycles. The van der Waals surface area contributed by atoms with E-state index in [9.17, 15) is 14.4 Å². The fourth-order valence-corrected chi connectivity index (χ4v) is 4.80. The van der Waals surface area contributed by atoms with E-state index in [0.717, 1.165) is 17.8 Å². The molecule has 8 nitrogen and oxygen atoms in total. The summed E-state index contributed by atoms with van der Waals surface area (Å²) in [6, 6.07) is -0.514. The van der Waals surface area contributed by atoms with Crippen molar-refractivity contribution in [2.24, 2.45) is 23.7 Å². The molecule has 2 bridgehead atoms. The third-order valence-electron chi connectivity index (χ3n) is 5.27. The van der Waals surface area contributed by atoms with Crippen LogP contribution < -0.4 is 10.6 Å². The highest BCUT2D eigenvalue weighted by Crippen LogP contribution is 2.49. The van der Waals surface area contributed by atoms with E-state index in [0.29, 0.717) is 5.13 Å². The molecule has 5 atom stereocenters. The van der Waals surface area contributed by atoms with Crippen molar-refractivity contribution in [2.45, 2.75) is 32.9 Å². The number of imide groups is 1. The normalized spacial score (nSPS) is 31.2. The summed E-state index contributed by atoms with van der Waals surface area (Å²) in [6.07, 6.45) is 5.35. The van der Waals surface area contributed by atoms with Crippen LogP contribution in [0.1, 0.15) is 24.8 Å². The van der Waals surface area contributed by atoms with E-state index >= 15 is 0 Å². The van der Waals surface area contributed by atoms with Gasteiger partial charge in [-0.3, -0.25) is 19.8 Å². The molecule has 2 fully saturated rings. The Balaban J connectivity index is 1.45. The molecule has 1 aliphatic heterocycles. The van der Waals surface area contributed by atoms with Gasteiger partial charge in [0.25, 0.3) is 0 Å². The molecule has 5 unspecified atom stereocenters. The second kappa shape index (κ2) is 5.91. The minimum Gasteiger partial charge on any atom is -0.317 e. The van der Waals surface area contributed by atoms with Crippen LogP contribution in [0.15, 0.2) is 12.2 Å². The van der Waals surface area contributed by atoms with Gasteiger partial charge in [0.2, 0.25) is 16.9 Å². The lowest BCUT2D eigenvalue weighted by molar-refractivity contribution is -0.142. The summed E-state index contributed by atoms with van der Waals surface area (Å²) in [5, 5.41) is 14.0. The molecule has 0 spiro atoms. The molecule has 4 amide bonds. The average Bonchev–Trinajstić information content (AvgIpc) is 3.11. The van der Waals surface area contributed by atoms with Crippen molar-refractivity contribution in [1.29, 1.82) is 0 Å². The fourth-order valence-electron chi connectivity index (χ4n) is 4.21. The van der Waals surface area contributed by atoms with E-state index in [4.69, 9.17) is 0 Å². The maximum Gasteiger partial charge on any atom is 0.322 e. The number of nitrogens with zero attached hydrogens (tertiary/aromatic N) is 3. The lowest BCUT2D eigenvalue weighted by atomic mass is 9.63. The van der Waals surface area contributed by atoms with Gasteiger partial charge in [-0.15, -0.1) is 10.2 Å². The number of urea groups is 1. The van der Waals surface area contributed by atoms with Gasteiger partial charge in [0.15, 0.2) is 0 Å². The smallest absolute Gasteiger partial charge is 0.317 e. The van der Waals surface area contributed by atoms with Gasteiger partial charge < -0.3 is 5.32 Å². The van der Waals surface area contributed by atoms with E-state index in [2.05, 4.69) is 33.0 Å². The van der Waals surface area contributed by atoms with Crippen LogP contribution in [0.4, 0.5) is 9.93 Å². The Morgan fingerprint density at radius 3 is 2.28 bits per heavy atom. The molecule has 4 aliphatic rings. The Kier molecular flexibility index (Phi) is 3.82. The highest BCUT2D eigenvalue weighted by molar-refractivity contribution is 7.15. The number of allylic oxidation sites excluding steroid dienone is 2. The van der Waals surface area contributed by atoms with E-state index in [1.165, 1.54) is 16.2 Å². The number of hydrogen-bond donors (Lipinski definition) is 2. The molecular weight excluding hydrogens is 342 g/mol. The van der Waals surface area contributed by atoms with Crippen LogP contribution in [0.5, 0.6) is 0 Å². The van der Waals surface area contributed by atoms with Crippen molar-refractivity contribution in [2.75, 3.05) is 5.32 Å². The molecule has 0 radical (unpaired) electrons. The Morgan fingerprint density at radius 1 is 1.20 bits per heavy atom. The monoisotopic (exact) mass is 361 g/mol. The van der Waals surface area contributed by atoms with Gasteiger partial charge >= 0.3 is 6.03 Å². The highest BCUT2D eigenvalue weighted by atomic mass is 32.1. The largest absolute Gasteiger partial charge is 0.322 e. The molecule has 1 aromatic rings. The molecule has 9 heteroatoms. The number of fused-ring (bicyclic) bond motifs is 1. The number of rotatable bonds is 3. The molecule has 2 N–H and O–H groups in total. The molecule has 5 rings (SSSR count). The number of carbonyl (C=O) groups is 3. The van der Waals surface area contributed by atoms with E-state index < -0.39 is 12.2 Å². The number of amides is 4. The first-order valence-corrected chi connectivity index (χ1v) is 9.20. The maximum absolute atomic E-state index is 12.8. The molecule has 25 heavy (non-hydrogen) atoms. The van der Waals surface area contributed by atoms with Crippen molar-refractivity contribution in [3.05, 3.63) is 17.2 Å². The first-order valence-electron chi connectivity index (χ1n) is 8.38. The first-order chi connectivity index (χ1) is 12.0. The van der Waals surface area contributed by atoms with Gasteiger partial charge in [0, 0.05) is 0 Å². The first kappa shape index (κ1) is 16.2. The van der Waals surface area contributed by atoms with Gasteiger partial charge in [-0.1, -0.05) is 23.5 Å². The Hall–Kier alpha value is -2.29. The Bertz CT molecular complexity index is 744. The molecule has 1 saturated heterocycles. The van der Waals surface area contributed by atoms with Crippen LogP contribution in [0.2, 0.25) is 0 Å². The lowest BCUT2D eigenvalue weighted by Gasteiger charge is -2.38. The van der Waals surface area contributed by atoms with Crippen molar-refractivity contribution in [3.63, 3.8) is 0 Å². The van der Waals surface area contributed by atoms with Crippen molar-refractivity contribution in [1.82, 2.24) is 20.4 Å². The number of anilines is 1. The molecule has 1 aromatic heterocycles. The lowest BCUT2D eigenvalue weighted by Crippen LogP contribution is -2.50. The summed E-state index contributed by atoms with van der Waals surface area (Å²) >= 11 is 1.25. The summed E-state index contributed by atoms with van der Waals surface area (Å²) in [5.41, 5.74) is 0. The second-order valence-corrected chi connectivity index (χ2v) is 7.97. The summed E-state index contributed by atoms with van der Waals surface area (Å²) < 4.78 is 0. The zero-order valence-corrected chi connectivity index (χ0v) is 14.7. The fraction of sp³-hybridized carbons (Fsp3) is 0.562. The summed E-state index contributed by atoms with van der Waals surface area (Å²) in [6.45, 7) is 3.43. The van der Waals surface area contributed by atoms with Gasteiger partial charge in [0.1, 0.15) is 11.2 Å². The zero-order valence-electron chi connectivity index (χ0n) is 13.9. The van der Waals surface area contributed by atoms with E-state index in [1.54, 1.807) is 13.8 Å². The van der Waals surface area contributed by atoms with Crippen molar-refractivity contribution in [3.8, 4) is 0 Å². The number of hydrogen-bond acceptors (Lipinski definition) is 6. The highest BCUT2D eigenvalue weighted by Gasteiger charge is 2.57. The van der Waals surface area contributed by atoms with Gasteiger partial charge in [-0.05, 0) is 38.5 Å². The van der Waals surface area contributed by atoms with E-state index in [-0.39, 0.29) is 35.5 Å². The number of aromatic nitrogens is 2. The minimum atomic E-state index is -0.709. The molecule has 2 heterocycles. The van der Waals surface area contributed by atoms with Crippen LogP contribution in [0.3, 0.4) is 0 Å². The van der Waals surface area contributed by atoms with Gasteiger partial charge in [-0.2, -0.15) is 0 Å². The standard InChI is InChI=1S/C16H19N5O3S/c1-7(17-15(24)18-16-20-19-8(2)25-16)21-13(22)11-9-3-4-10(6-5-9)12(11)14(21)23/h3-4,7,9-12H,5-6H2,1-2H3,(H2,17,18,20,24). The zero-order chi connectivity index (χ0) is 17.7. The number of aryl methyl sites for hydroxylation is 1. The van der Waals surface area contributed by atoms with Crippen LogP contribution in [0.25, 0.3) is 0 Å². The summed E-state index contributed by atoms with van der Waals surface area (Å²) in [7, 11) is 0. The van der Waals surface area contributed by atoms with Gasteiger partial charge in [0.05, 0.1) is 11.8 Å². The van der Waals surface area contributed by atoms with Gasteiger partial charge in [-0.25, -0.2) is 4.79 Å². The minimum absolute atomic E-state index is 0.141. The predicted octanol–water partition coefficient (Wildman–Crippen LogP) is 1.51. The molecular formula is C16H19N5O3S. The Morgan fingerprint density at radius 2 is 1.80 bits per heavy atom. The number of nitrogens with one attached hydrogen (secondary N) is 2. The number of likely N-dealkylation sites (tertiary alicyclic amines) is 1. The van der Waals surface area contributed by atoms with Crippen LogP contribution in [-0.4, -0.2) is 39.1 Å². The predicted molar refractivity (Wildman–Crippen MR) is 90.4 cm³/mol. The van der Waals surface area contributed by atoms with Crippen molar-refractivity contribution < 1.29 is 14.4 Å². The number of carbonyl (C=O) groups excluding carboxylic acids is 3. The summed E-state index contributed by atoms with van der Waals surface area (Å²) in [5.74, 6) is -0.602. The topological polar surface area (TPSA) is 104 Å². The maximum atomic E-state index is 12.8. The third kappa shape index (κ3) is 2.62. The van der Waals surface area contributed by atoms with E-state index in [1.807, 2.05) is 0 Å². The van der Waals surface area contributed by atoms with Crippen LogP contribution in [-0.2, 0) is 9.59 Å². The Labute approximate surface area is 148 Å². The second-order valence-electron chi connectivity index (χ2n) is 6.79. The summed E-state index contributed by atoms with van der Waals surface area (Å²) in [4.78, 5) is 38.9. The van der Waals surface area contributed by atoms with Crippen molar-refractivity contribution >= 4 is 34.3 Å². The van der Waals surface area contributed by atoms with Crippen LogP contribution in [0, 0.1) is 30.6 Å².